The number of hydrogen-bond donors (Lipinski definition) is 2. The highest BCUT2D eigenvalue weighted by Gasteiger charge is 2.38. The van der Waals surface area contributed by atoms with Crippen LogP contribution in [-0.4, -0.2) is 50.2 Å². The van der Waals surface area contributed by atoms with Crippen molar-refractivity contribution in [3.63, 3.8) is 0 Å². The van der Waals surface area contributed by atoms with E-state index in [-0.39, 0.29) is 47.1 Å². The van der Waals surface area contributed by atoms with E-state index in [1.165, 1.54) is 11.3 Å². The SMILES string of the molecule is CC1CC2OC2\C=C/C=C/C(=N\OCc2cnc(-c3ccncc3)s2)Cc2c(Cl)c(O)cc(O)c2C(=O)O1. The summed E-state index contributed by atoms with van der Waals surface area (Å²) in [6.07, 6.45) is 12.3. The smallest absolute Gasteiger partial charge is 0.342 e. The normalized spacial score (nSPS) is 24.0. The zero-order valence-electron chi connectivity index (χ0n) is 20.3. The van der Waals surface area contributed by atoms with Crippen molar-refractivity contribution >= 4 is 34.6 Å². The van der Waals surface area contributed by atoms with E-state index in [0.29, 0.717) is 12.1 Å². The summed E-state index contributed by atoms with van der Waals surface area (Å²) in [5, 5.41) is 25.8. The van der Waals surface area contributed by atoms with E-state index < -0.39 is 17.8 Å². The molecule has 38 heavy (non-hydrogen) atoms. The summed E-state index contributed by atoms with van der Waals surface area (Å²) in [5.41, 5.74) is 1.39. The number of carbonyl (C=O) groups is 1. The van der Waals surface area contributed by atoms with Crippen LogP contribution < -0.4 is 0 Å². The maximum atomic E-state index is 13.0. The third-order valence-electron chi connectivity index (χ3n) is 5.95. The number of oxime groups is 1. The second-order valence-corrected chi connectivity index (χ2v) is 10.3. The van der Waals surface area contributed by atoms with Gasteiger partial charge in [0, 0.05) is 43.1 Å². The van der Waals surface area contributed by atoms with Crippen molar-refractivity contribution in [1.82, 2.24) is 9.97 Å². The van der Waals surface area contributed by atoms with Crippen molar-refractivity contribution in [1.29, 1.82) is 0 Å². The number of pyridine rings is 1. The van der Waals surface area contributed by atoms with E-state index in [0.717, 1.165) is 21.5 Å². The first-order valence-corrected chi connectivity index (χ1v) is 13.1. The molecule has 3 aromatic rings. The van der Waals surface area contributed by atoms with Gasteiger partial charge in [0.1, 0.15) is 34.3 Å². The minimum atomic E-state index is -0.755. The summed E-state index contributed by atoms with van der Waals surface area (Å²) in [7, 11) is 0. The number of rotatable bonds is 4. The Balaban J connectivity index is 1.42. The maximum absolute atomic E-state index is 13.0. The van der Waals surface area contributed by atoms with Crippen LogP contribution in [0.25, 0.3) is 10.6 Å². The molecule has 2 aromatic heterocycles. The van der Waals surface area contributed by atoms with E-state index in [1.807, 2.05) is 24.3 Å². The molecule has 4 heterocycles. The van der Waals surface area contributed by atoms with Crippen LogP contribution in [0.5, 0.6) is 11.5 Å². The average molecular weight is 554 g/mol. The van der Waals surface area contributed by atoms with Gasteiger partial charge in [0.2, 0.25) is 0 Å². The van der Waals surface area contributed by atoms with E-state index in [1.54, 1.807) is 37.7 Å². The molecule has 1 saturated heterocycles. The summed E-state index contributed by atoms with van der Waals surface area (Å²) in [6, 6.07) is 4.78. The average Bonchev–Trinajstić information content (AvgIpc) is 3.44. The fraction of sp³-hybridized carbons (Fsp3) is 0.259. The minimum Gasteiger partial charge on any atom is -0.507 e. The Morgan fingerprint density at radius 2 is 2.05 bits per heavy atom. The standard InChI is InChI=1S/C27H24ClN3O6S/c1-15-10-23-22(37-23)5-3-2-4-17(11-19-24(27(34)36-15)20(32)12-21(33)25(19)28)31-35-14-18-13-30-26(38-18)16-6-8-29-9-7-16/h2-9,12-13,15,22-23,32-33H,10-11,14H2,1H3/b4-2+,5-3-,31-17+. The number of aromatic nitrogens is 2. The summed E-state index contributed by atoms with van der Waals surface area (Å²) in [6.45, 7) is 1.92. The molecule has 11 heteroatoms. The quantitative estimate of drug-likeness (QED) is 0.256. The summed E-state index contributed by atoms with van der Waals surface area (Å²) < 4.78 is 11.2. The van der Waals surface area contributed by atoms with Gasteiger partial charge in [-0.25, -0.2) is 9.78 Å². The zero-order valence-corrected chi connectivity index (χ0v) is 21.9. The second-order valence-electron chi connectivity index (χ2n) is 8.82. The number of hydrogen-bond acceptors (Lipinski definition) is 10. The monoisotopic (exact) mass is 553 g/mol. The molecule has 2 aliphatic heterocycles. The van der Waals surface area contributed by atoms with Crippen LogP contribution in [0.1, 0.15) is 34.1 Å². The number of nitrogens with zero attached hydrogens (tertiary/aromatic N) is 3. The molecule has 9 nitrogen and oxygen atoms in total. The predicted octanol–water partition coefficient (Wildman–Crippen LogP) is 5.21. The van der Waals surface area contributed by atoms with Crippen LogP contribution in [0.3, 0.4) is 0 Å². The molecule has 1 aromatic carbocycles. The molecule has 0 saturated carbocycles. The van der Waals surface area contributed by atoms with Crippen LogP contribution >= 0.6 is 22.9 Å². The lowest BCUT2D eigenvalue weighted by Crippen LogP contribution is -2.19. The van der Waals surface area contributed by atoms with Gasteiger partial charge in [-0.3, -0.25) is 4.98 Å². The topological polar surface area (TPSA) is 127 Å². The number of carbonyl (C=O) groups excluding carboxylic acids is 1. The Morgan fingerprint density at radius 3 is 2.87 bits per heavy atom. The van der Waals surface area contributed by atoms with E-state index in [2.05, 4.69) is 15.1 Å². The predicted molar refractivity (Wildman–Crippen MR) is 142 cm³/mol. The lowest BCUT2D eigenvalue weighted by molar-refractivity contribution is 0.0306. The van der Waals surface area contributed by atoms with Crippen LogP contribution in [0, 0.1) is 0 Å². The maximum Gasteiger partial charge on any atom is 0.342 e. The van der Waals surface area contributed by atoms with Gasteiger partial charge < -0.3 is 24.5 Å². The van der Waals surface area contributed by atoms with Gasteiger partial charge in [-0.2, -0.15) is 0 Å². The van der Waals surface area contributed by atoms with Crippen molar-refractivity contribution in [3.8, 4) is 22.1 Å². The molecule has 2 aliphatic rings. The molecular weight excluding hydrogens is 530 g/mol. The highest BCUT2D eigenvalue weighted by Crippen LogP contribution is 2.38. The molecule has 0 amide bonds. The summed E-state index contributed by atoms with van der Waals surface area (Å²) in [4.78, 5) is 28.0. The largest absolute Gasteiger partial charge is 0.507 e. The van der Waals surface area contributed by atoms with Crippen LogP contribution in [0.4, 0.5) is 0 Å². The molecule has 3 unspecified atom stereocenters. The lowest BCUT2D eigenvalue weighted by Gasteiger charge is -2.17. The number of halogens is 1. The van der Waals surface area contributed by atoms with Crippen molar-refractivity contribution in [2.75, 3.05) is 0 Å². The van der Waals surface area contributed by atoms with Crippen molar-refractivity contribution < 1.29 is 29.3 Å². The number of aromatic hydroxyl groups is 2. The Morgan fingerprint density at radius 1 is 1.24 bits per heavy atom. The number of phenols is 2. The summed E-state index contributed by atoms with van der Waals surface area (Å²) in [5.74, 6) is -1.56. The molecule has 196 valence electrons. The Bertz CT molecular complexity index is 1420. The van der Waals surface area contributed by atoms with Gasteiger partial charge in [-0.05, 0) is 30.7 Å². The van der Waals surface area contributed by atoms with Gasteiger partial charge in [0.25, 0.3) is 0 Å². The summed E-state index contributed by atoms with van der Waals surface area (Å²) >= 11 is 7.86. The first kappa shape index (κ1) is 25.9. The number of benzene rings is 1. The fourth-order valence-corrected chi connectivity index (χ4v) is 5.07. The Labute approximate surface area is 227 Å². The van der Waals surface area contributed by atoms with Crippen LogP contribution in [0.2, 0.25) is 5.02 Å². The molecule has 2 N–H and O–H groups in total. The van der Waals surface area contributed by atoms with Gasteiger partial charge in [-0.15, -0.1) is 11.3 Å². The second kappa shape index (κ2) is 11.3. The number of fused-ring (bicyclic) bond motifs is 2. The first-order valence-electron chi connectivity index (χ1n) is 11.9. The third-order valence-corrected chi connectivity index (χ3v) is 7.39. The number of ether oxygens (including phenoxy) is 2. The molecule has 1 fully saturated rings. The van der Waals surface area contributed by atoms with Gasteiger partial charge in [-0.1, -0.05) is 35.0 Å². The van der Waals surface area contributed by atoms with Gasteiger partial charge in [0.05, 0.1) is 21.7 Å². The van der Waals surface area contributed by atoms with Crippen molar-refractivity contribution in [3.05, 3.63) is 82.1 Å². The van der Waals surface area contributed by atoms with Crippen LogP contribution in [-0.2, 0) is 27.3 Å². The minimum absolute atomic E-state index is 0.0164. The number of thiazole rings is 1. The molecule has 0 bridgehead atoms. The molecule has 5 rings (SSSR count). The van der Waals surface area contributed by atoms with Crippen LogP contribution in [0.15, 0.2) is 66.2 Å². The molecule has 0 aliphatic carbocycles. The van der Waals surface area contributed by atoms with Crippen molar-refractivity contribution in [2.24, 2.45) is 5.16 Å². The molecule has 0 spiro atoms. The van der Waals surface area contributed by atoms with E-state index >= 15 is 0 Å². The molecule has 0 radical (unpaired) electrons. The number of cyclic esters (lactones) is 1. The molecular formula is C27H24ClN3O6S. The highest BCUT2D eigenvalue weighted by atomic mass is 35.5. The zero-order chi connectivity index (χ0) is 26.6. The Kier molecular flexibility index (Phi) is 7.73. The third kappa shape index (κ3) is 6.04. The van der Waals surface area contributed by atoms with E-state index in [9.17, 15) is 15.0 Å². The van der Waals surface area contributed by atoms with Gasteiger partial charge in [0.15, 0.2) is 6.61 Å². The first-order chi connectivity index (χ1) is 18.4. The number of epoxide rings is 1. The van der Waals surface area contributed by atoms with Gasteiger partial charge >= 0.3 is 5.97 Å². The number of esters is 1. The molecule has 3 atom stereocenters. The lowest BCUT2D eigenvalue weighted by atomic mass is 9.99. The Hall–Kier alpha value is -3.73. The van der Waals surface area contributed by atoms with Crippen molar-refractivity contribution in [2.45, 2.75) is 44.7 Å². The highest BCUT2D eigenvalue weighted by molar-refractivity contribution is 7.15. The van der Waals surface area contributed by atoms with E-state index in [4.69, 9.17) is 25.9 Å². The number of phenolic OH excluding ortho intramolecular Hbond substituents is 2. The number of allylic oxidation sites excluding steroid dienone is 3. The fourth-order valence-electron chi connectivity index (χ4n) is 4.03.